The number of pyridine rings is 1. The van der Waals surface area contributed by atoms with Crippen LogP contribution in [0.5, 0.6) is 0 Å². The van der Waals surface area contributed by atoms with Gasteiger partial charge < -0.3 is 9.88 Å². The molecular formula is C19H20F2N4O. The van der Waals surface area contributed by atoms with Gasteiger partial charge in [0.15, 0.2) is 0 Å². The van der Waals surface area contributed by atoms with Crippen LogP contribution in [0.1, 0.15) is 37.0 Å². The number of alkyl halides is 1. The number of nitrogens with one attached hydrogen (secondary N) is 1. The van der Waals surface area contributed by atoms with Gasteiger partial charge in [-0.2, -0.15) is 0 Å². The number of hydrogen-bond donors (Lipinski definition) is 1. The summed E-state index contributed by atoms with van der Waals surface area (Å²) in [4.78, 5) is 20.7. The van der Waals surface area contributed by atoms with Gasteiger partial charge in [0.1, 0.15) is 23.6 Å². The van der Waals surface area contributed by atoms with Crippen LogP contribution in [0.3, 0.4) is 0 Å². The SMILES string of the molecule is CCn1cc2c(NCc3cccc(C(C)F)c3F)nc(C)nc2cc1=O. The van der Waals surface area contributed by atoms with E-state index in [9.17, 15) is 13.6 Å². The number of nitrogens with zero attached hydrogens (tertiary/aromatic N) is 3. The summed E-state index contributed by atoms with van der Waals surface area (Å²) in [5.74, 6) is 0.448. The summed E-state index contributed by atoms with van der Waals surface area (Å²) in [7, 11) is 0. The number of hydrogen-bond acceptors (Lipinski definition) is 4. The third-order valence-corrected chi connectivity index (χ3v) is 4.24. The van der Waals surface area contributed by atoms with Crippen LogP contribution in [0.2, 0.25) is 0 Å². The molecule has 7 heteroatoms. The third-order valence-electron chi connectivity index (χ3n) is 4.24. The maximum absolute atomic E-state index is 14.4. The Hall–Kier alpha value is -2.83. The van der Waals surface area contributed by atoms with Gasteiger partial charge in [0.2, 0.25) is 0 Å². The van der Waals surface area contributed by atoms with Gasteiger partial charge in [-0.15, -0.1) is 0 Å². The fourth-order valence-corrected chi connectivity index (χ4v) is 2.86. The van der Waals surface area contributed by atoms with E-state index < -0.39 is 12.0 Å². The lowest BCUT2D eigenvalue weighted by atomic mass is 10.1. The molecule has 0 bridgehead atoms. The topological polar surface area (TPSA) is 59.8 Å². The van der Waals surface area contributed by atoms with Crippen molar-refractivity contribution >= 4 is 16.7 Å². The van der Waals surface area contributed by atoms with Gasteiger partial charge >= 0.3 is 0 Å². The van der Waals surface area contributed by atoms with Crippen LogP contribution in [-0.4, -0.2) is 14.5 Å². The van der Waals surface area contributed by atoms with E-state index in [0.29, 0.717) is 34.7 Å². The molecule has 1 N–H and O–H groups in total. The highest BCUT2D eigenvalue weighted by Crippen LogP contribution is 2.24. The summed E-state index contributed by atoms with van der Waals surface area (Å²) in [6, 6.07) is 6.13. The van der Waals surface area contributed by atoms with E-state index in [4.69, 9.17) is 0 Å². The molecule has 5 nitrogen and oxygen atoms in total. The molecule has 0 aliphatic carbocycles. The van der Waals surface area contributed by atoms with Crippen molar-refractivity contribution in [2.75, 3.05) is 5.32 Å². The zero-order chi connectivity index (χ0) is 18.8. The highest BCUT2D eigenvalue weighted by atomic mass is 19.1. The molecule has 3 rings (SSSR count). The van der Waals surface area contributed by atoms with Crippen molar-refractivity contribution in [1.29, 1.82) is 0 Å². The molecule has 1 aromatic carbocycles. The quantitative estimate of drug-likeness (QED) is 0.751. The molecule has 0 saturated carbocycles. The predicted molar refractivity (Wildman–Crippen MR) is 97.5 cm³/mol. The van der Waals surface area contributed by atoms with Gasteiger partial charge in [-0.25, -0.2) is 18.7 Å². The van der Waals surface area contributed by atoms with Crippen molar-refractivity contribution in [3.8, 4) is 0 Å². The Morgan fingerprint density at radius 1 is 1.31 bits per heavy atom. The summed E-state index contributed by atoms with van der Waals surface area (Å²) in [6.45, 7) is 5.56. The third kappa shape index (κ3) is 3.42. The van der Waals surface area contributed by atoms with Crippen molar-refractivity contribution in [2.45, 2.75) is 40.0 Å². The highest BCUT2D eigenvalue weighted by Gasteiger charge is 2.14. The molecular weight excluding hydrogens is 338 g/mol. The van der Waals surface area contributed by atoms with Crippen LogP contribution >= 0.6 is 0 Å². The lowest BCUT2D eigenvalue weighted by molar-refractivity contribution is 0.360. The van der Waals surface area contributed by atoms with Crippen molar-refractivity contribution in [1.82, 2.24) is 14.5 Å². The Morgan fingerprint density at radius 2 is 2.08 bits per heavy atom. The molecule has 0 aliphatic heterocycles. The smallest absolute Gasteiger partial charge is 0.252 e. The predicted octanol–water partition coefficient (Wildman–Crippen LogP) is 3.90. The largest absolute Gasteiger partial charge is 0.365 e. The van der Waals surface area contributed by atoms with Crippen LogP contribution in [0, 0.1) is 12.7 Å². The fraction of sp³-hybridized carbons (Fsp3) is 0.316. The second-order valence-electron chi connectivity index (χ2n) is 6.11. The molecule has 3 aromatic rings. The van der Waals surface area contributed by atoms with Gasteiger partial charge in [0.05, 0.1) is 10.9 Å². The van der Waals surface area contributed by atoms with Gasteiger partial charge in [-0.1, -0.05) is 18.2 Å². The first kappa shape index (κ1) is 18.0. The van der Waals surface area contributed by atoms with Crippen molar-refractivity contribution in [3.05, 3.63) is 63.6 Å². The van der Waals surface area contributed by atoms with Crippen LogP contribution in [-0.2, 0) is 13.1 Å². The Balaban J connectivity index is 1.99. The van der Waals surface area contributed by atoms with E-state index in [2.05, 4.69) is 15.3 Å². The van der Waals surface area contributed by atoms with Crippen molar-refractivity contribution in [3.63, 3.8) is 0 Å². The van der Waals surface area contributed by atoms with Gasteiger partial charge in [-0.05, 0) is 20.8 Å². The van der Waals surface area contributed by atoms with E-state index >= 15 is 0 Å². The molecule has 136 valence electrons. The summed E-state index contributed by atoms with van der Waals surface area (Å²) < 4.78 is 29.5. The molecule has 1 atom stereocenters. The molecule has 0 radical (unpaired) electrons. The van der Waals surface area contributed by atoms with Gasteiger partial charge in [-0.3, -0.25) is 4.79 Å². The molecule has 0 saturated heterocycles. The first-order valence-corrected chi connectivity index (χ1v) is 8.44. The van der Waals surface area contributed by atoms with E-state index in [1.165, 1.54) is 19.1 Å². The van der Waals surface area contributed by atoms with Crippen LogP contribution in [0.25, 0.3) is 10.9 Å². The molecule has 26 heavy (non-hydrogen) atoms. The van der Waals surface area contributed by atoms with Gasteiger partial charge in [0.25, 0.3) is 5.56 Å². The second kappa shape index (κ2) is 7.19. The number of fused-ring (bicyclic) bond motifs is 1. The average molecular weight is 358 g/mol. The molecule has 2 aromatic heterocycles. The zero-order valence-electron chi connectivity index (χ0n) is 14.9. The molecule has 0 spiro atoms. The molecule has 0 amide bonds. The van der Waals surface area contributed by atoms with E-state index in [-0.39, 0.29) is 17.7 Å². The van der Waals surface area contributed by atoms with E-state index in [0.717, 1.165) is 0 Å². The minimum Gasteiger partial charge on any atom is -0.365 e. The molecule has 0 aliphatic rings. The average Bonchev–Trinajstić information content (AvgIpc) is 2.59. The summed E-state index contributed by atoms with van der Waals surface area (Å²) in [5, 5.41) is 3.77. The number of aryl methyl sites for hydroxylation is 2. The minimum atomic E-state index is -1.38. The maximum atomic E-state index is 14.4. The Morgan fingerprint density at radius 3 is 2.77 bits per heavy atom. The van der Waals surface area contributed by atoms with Crippen LogP contribution in [0.15, 0.2) is 35.3 Å². The normalized spacial score (nSPS) is 12.3. The minimum absolute atomic E-state index is 0.0350. The van der Waals surface area contributed by atoms with Crippen molar-refractivity contribution < 1.29 is 8.78 Å². The fourth-order valence-electron chi connectivity index (χ4n) is 2.86. The number of anilines is 1. The summed E-state index contributed by atoms with van der Waals surface area (Å²) >= 11 is 0. The summed E-state index contributed by atoms with van der Waals surface area (Å²) in [5.41, 5.74) is 0.772. The first-order chi connectivity index (χ1) is 12.4. The number of benzene rings is 1. The molecule has 1 unspecified atom stereocenters. The Bertz CT molecular complexity index is 1010. The first-order valence-electron chi connectivity index (χ1n) is 8.44. The molecule has 0 fully saturated rings. The van der Waals surface area contributed by atoms with Crippen LogP contribution < -0.4 is 10.9 Å². The number of aromatic nitrogens is 3. The maximum Gasteiger partial charge on any atom is 0.252 e. The van der Waals surface area contributed by atoms with Gasteiger partial charge in [0, 0.05) is 36.5 Å². The second-order valence-corrected chi connectivity index (χ2v) is 6.11. The Kier molecular flexibility index (Phi) is 4.97. The lowest BCUT2D eigenvalue weighted by Gasteiger charge is -2.13. The van der Waals surface area contributed by atoms with E-state index in [1.807, 2.05) is 6.92 Å². The highest BCUT2D eigenvalue weighted by molar-refractivity contribution is 5.88. The standard InChI is InChI=1S/C19H20F2N4O/c1-4-25-10-15-16(8-17(25)26)23-12(3)24-19(15)22-9-13-6-5-7-14(11(2)20)18(13)21/h5-8,10-11H,4,9H2,1-3H3,(H,22,23,24). The monoisotopic (exact) mass is 358 g/mol. The van der Waals surface area contributed by atoms with Crippen LogP contribution in [0.4, 0.5) is 14.6 Å². The zero-order valence-corrected chi connectivity index (χ0v) is 14.9. The Labute approximate surface area is 149 Å². The lowest BCUT2D eigenvalue weighted by Crippen LogP contribution is -2.18. The summed E-state index contributed by atoms with van der Waals surface area (Å²) in [6.07, 6.45) is 0.312. The molecule has 2 heterocycles. The number of halogens is 2. The number of rotatable bonds is 5. The van der Waals surface area contributed by atoms with E-state index in [1.54, 1.807) is 29.8 Å². The van der Waals surface area contributed by atoms with Crippen molar-refractivity contribution in [2.24, 2.45) is 0 Å².